The van der Waals surface area contributed by atoms with Crippen molar-refractivity contribution in [1.29, 1.82) is 0 Å². The minimum absolute atomic E-state index is 0. The quantitative estimate of drug-likeness (QED) is 0.184. The monoisotopic (exact) mass is 827 g/mol. The number of phenols is 2. The van der Waals surface area contributed by atoms with Crippen LogP contribution >= 0.6 is 110 Å². The van der Waals surface area contributed by atoms with Gasteiger partial charge in [-0.3, -0.25) is 0 Å². The fraction of sp³-hybridized carbons (Fsp3) is 0.0500. The van der Waals surface area contributed by atoms with Crippen molar-refractivity contribution in [1.82, 2.24) is 0 Å². The molecule has 2 N–H and O–H groups in total. The van der Waals surface area contributed by atoms with Crippen molar-refractivity contribution in [3.05, 3.63) is 72.4 Å². The molecule has 0 fully saturated rings. The molecule has 0 saturated heterocycles. The zero-order valence-corrected chi connectivity index (χ0v) is 30.7. The molecular formula is C20H5Br4Cl4Na2O5+. The first kappa shape index (κ1) is 32.8. The predicted molar refractivity (Wildman–Crippen MR) is 139 cm³/mol. The number of carboxylic acids is 1. The fourth-order valence-electron chi connectivity index (χ4n) is 3.56. The van der Waals surface area contributed by atoms with Crippen molar-refractivity contribution in [3.63, 3.8) is 0 Å². The molecule has 172 valence electrons. The molecule has 0 amide bonds. The Morgan fingerprint density at radius 3 is 1.60 bits per heavy atom. The molecule has 0 saturated carbocycles. The first-order valence-electron chi connectivity index (χ1n) is 8.55. The summed E-state index contributed by atoms with van der Waals surface area (Å²) in [6.07, 6.45) is 0. The molecular weight excluding hydrogens is 828 g/mol. The van der Waals surface area contributed by atoms with Crippen LogP contribution in [0.4, 0.5) is 0 Å². The average molecular weight is 833 g/mol. The van der Waals surface area contributed by atoms with E-state index in [4.69, 9.17) is 51.1 Å². The third kappa shape index (κ3) is 5.49. The Balaban J connectivity index is 0.00000216. The second-order valence-electron chi connectivity index (χ2n) is 6.75. The van der Waals surface area contributed by atoms with Crippen molar-refractivity contribution < 1.29 is 84.0 Å². The molecule has 5 nitrogen and oxygen atoms in total. The smallest absolute Gasteiger partial charge is 0.545 e. The molecule has 1 heterocycles. The van der Waals surface area contributed by atoms with Gasteiger partial charge in [0, 0.05) is 22.6 Å². The van der Waals surface area contributed by atoms with Crippen LogP contribution in [-0.2, 0) is 0 Å². The number of halogens is 8. The first-order valence-corrected chi connectivity index (χ1v) is 13.2. The van der Waals surface area contributed by atoms with Crippen molar-refractivity contribution in [3.8, 4) is 23.0 Å². The van der Waals surface area contributed by atoms with E-state index in [0.717, 1.165) is 0 Å². The minimum Gasteiger partial charge on any atom is -0.545 e. The number of carboxylic acid groups (broad SMARTS) is 1. The number of fused-ring (bicyclic) bond motifs is 2. The van der Waals surface area contributed by atoms with Crippen molar-refractivity contribution in [2.75, 3.05) is 0 Å². The van der Waals surface area contributed by atoms with Crippen LogP contribution in [0, 0.1) is 0 Å². The molecule has 35 heavy (non-hydrogen) atoms. The SMILES string of the molecule is O=C([O-])c1c(Cl)c(Cl)c(Cl)c(Cl)c1C1c2cc(Br)c(O)c(Br)c2Oc2c1cc(Br)c(O)c2Br.[Na+].[Na+]. The van der Waals surface area contributed by atoms with E-state index in [0.29, 0.717) is 20.1 Å². The summed E-state index contributed by atoms with van der Waals surface area (Å²) in [4.78, 5) is 12.2. The number of aromatic hydroxyl groups is 2. The van der Waals surface area contributed by atoms with Crippen molar-refractivity contribution in [2.24, 2.45) is 0 Å². The summed E-state index contributed by atoms with van der Waals surface area (Å²) in [5.41, 5.74) is 0.348. The van der Waals surface area contributed by atoms with Crippen LogP contribution in [0.1, 0.15) is 33.0 Å². The van der Waals surface area contributed by atoms with Gasteiger partial charge < -0.3 is 24.9 Å². The average Bonchev–Trinajstić information content (AvgIpc) is 2.76. The number of benzene rings is 3. The van der Waals surface area contributed by atoms with Gasteiger partial charge in [0.1, 0.15) is 31.9 Å². The Bertz CT molecular complexity index is 1340. The number of rotatable bonds is 2. The summed E-state index contributed by atoms with van der Waals surface area (Å²) in [5.74, 6) is -2.59. The predicted octanol–water partition coefficient (Wildman–Crippen LogP) is 2.42. The fourth-order valence-corrected chi connectivity index (χ4v) is 7.08. The largest absolute Gasteiger partial charge is 1.00 e. The van der Waals surface area contributed by atoms with Gasteiger partial charge in [0.15, 0.2) is 0 Å². The molecule has 0 aromatic heterocycles. The summed E-state index contributed by atoms with van der Waals surface area (Å²) in [7, 11) is 0. The van der Waals surface area contributed by atoms with E-state index < -0.39 is 17.5 Å². The third-order valence-electron chi connectivity index (χ3n) is 4.98. The van der Waals surface area contributed by atoms with E-state index in [2.05, 4.69) is 63.7 Å². The van der Waals surface area contributed by atoms with Crippen LogP contribution in [0.2, 0.25) is 20.1 Å². The zero-order chi connectivity index (χ0) is 24.5. The first-order chi connectivity index (χ1) is 15.4. The molecule has 4 rings (SSSR count). The Labute approximate surface area is 296 Å². The maximum absolute atomic E-state index is 12.2. The summed E-state index contributed by atoms with van der Waals surface area (Å²) in [6.45, 7) is 0. The van der Waals surface area contributed by atoms with E-state index in [-0.39, 0.29) is 117 Å². The van der Waals surface area contributed by atoms with E-state index >= 15 is 0 Å². The molecule has 1 aliphatic heterocycles. The number of phenolic OH excluding ortho intramolecular Hbond substituents is 2. The normalized spacial score (nSPS) is 12.1. The van der Waals surface area contributed by atoms with Gasteiger partial charge in [-0.05, 0) is 81.4 Å². The van der Waals surface area contributed by atoms with E-state index in [9.17, 15) is 20.1 Å². The molecule has 3 aromatic rings. The molecule has 0 atom stereocenters. The molecule has 1 aliphatic rings. The van der Waals surface area contributed by atoms with Crippen LogP contribution in [0.25, 0.3) is 0 Å². The summed E-state index contributed by atoms with van der Waals surface area (Å²) in [5, 5.41) is 32.2. The van der Waals surface area contributed by atoms with E-state index in [1.54, 1.807) is 12.1 Å². The van der Waals surface area contributed by atoms with Gasteiger partial charge in [-0.25, -0.2) is 0 Å². The molecule has 0 unspecified atom stereocenters. The molecule has 0 bridgehead atoms. The standard InChI is InChI=1S/C20H6Br4Cl4O5.2Na/c21-5-1-3-7(8-9(20(31)32)13(26)15(28)14(27)12(8)25)4-2-6(22)17(30)11(24)19(4)33-18(3)10(23)16(5)29;;/h1-2,7,29-30H,(H,31,32);;/q;2*+1/p-1. The topological polar surface area (TPSA) is 89.8 Å². The van der Waals surface area contributed by atoms with Crippen molar-refractivity contribution in [2.45, 2.75) is 5.92 Å². The molecule has 0 spiro atoms. The number of hydrogen-bond acceptors (Lipinski definition) is 5. The van der Waals surface area contributed by atoms with Gasteiger partial charge in [0.25, 0.3) is 0 Å². The van der Waals surface area contributed by atoms with Gasteiger partial charge in [0.05, 0.1) is 35.0 Å². The maximum Gasteiger partial charge on any atom is 1.00 e. The Hall–Kier alpha value is 1.61. The van der Waals surface area contributed by atoms with Crippen LogP contribution in [0.3, 0.4) is 0 Å². The third-order valence-corrected chi connectivity index (χ3v) is 9.48. The van der Waals surface area contributed by atoms with Gasteiger partial charge in [-0.1, -0.05) is 46.4 Å². The molecule has 0 radical (unpaired) electrons. The maximum atomic E-state index is 12.2. The number of aromatic carboxylic acids is 1. The van der Waals surface area contributed by atoms with E-state index in [1.807, 2.05) is 0 Å². The zero-order valence-electron chi connectivity index (χ0n) is 17.4. The van der Waals surface area contributed by atoms with Crippen LogP contribution in [-0.4, -0.2) is 16.2 Å². The Morgan fingerprint density at radius 1 is 0.800 bits per heavy atom. The van der Waals surface area contributed by atoms with Gasteiger partial charge in [-0.15, -0.1) is 0 Å². The number of hydrogen-bond donors (Lipinski definition) is 2. The van der Waals surface area contributed by atoms with Crippen molar-refractivity contribution >= 4 is 116 Å². The molecule has 3 aromatic carbocycles. The Morgan fingerprint density at radius 2 is 1.20 bits per heavy atom. The van der Waals surface area contributed by atoms with Crippen LogP contribution in [0.15, 0.2) is 30.0 Å². The second kappa shape index (κ2) is 12.4. The van der Waals surface area contributed by atoms with Gasteiger partial charge >= 0.3 is 59.1 Å². The summed E-state index contributed by atoms with van der Waals surface area (Å²) in [6, 6.07) is 3.09. The summed E-state index contributed by atoms with van der Waals surface area (Å²) < 4.78 is 6.97. The molecule has 0 aliphatic carbocycles. The number of carbonyl (C=O) groups excluding carboxylic acids is 1. The number of ether oxygens (including phenoxy) is 1. The van der Waals surface area contributed by atoms with Crippen LogP contribution in [0.5, 0.6) is 23.0 Å². The Kier molecular flexibility index (Phi) is 11.6. The minimum atomic E-state index is -1.63. The summed E-state index contributed by atoms with van der Waals surface area (Å²) >= 11 is 38.4. The van der Waals surface area contributed by atoms with E-state index in [1.165, 1.54) is 0 Å². The van der Waals surface area contributed by atoms with Gasteiger partial charge in [-0.2, -0.15) is 0 Å². The molecule has 15 heteroatoms. The number of carbonyl (C=O) groups is 1. The van der Waals surface area contributed by atoms with Crippen LogP contribution < -0.4 is 69.0 Å². The second-order valence-corrected chi connectivity index (χ2v) is 11.6. The van der Waals surface area contributed by atoms with Gasteiger partial charge in [0.2, 0.25) is 0 Å².